The summed E-state index contributed by atoms with van der Waals surface area (Å²) in [6, 6.07) is 14.9. The van der Waals surface area contributed by atoms with Crippen LogP contribution in [0.1, 0.15) is 71.3 Å². The fraction of sp³-hybridized carbons (Fsp3) is 0.500. The van der Waals surface area contributed by atoms with Gasteiger partial charge in [-0.2, -0.15) is 0 Å². The molecule has 6 heteroatoms. The number of benzene rings is 2. The minimum Gasteiger partial charge on any atom is -0.383 e. The Kier molecular flexibility index (Phi) is 9.07. The van der Waals surface area contributed by atoms with Gasteiger partial charge in [0.2, 0.25) is 5.91 Å². The molecular formula is C30H41N3O3. The minimum absolute atomic E-state index is 0.0637. The van der Waals surface area contributed by atoms with Gasteiger partial charge in [0.25, 0.3) is 5.56 Å². The number of fused-ring (bicyclic) bond motifs is 1. The third-order valence-corrected chi connectivity index (χ3v) is 6.46. The van der Waals surface area contributed by atoms with Crippen molar-refractivity contribution in [1.82, 2.24) is 14.5 Å². The molecule has 0 aliphatic carbocycles. The van der Waals surface area contributed by atoms with Crippen LogP contribution in [0.3, 0.4) is 0 Å². The summed E-state index contributed by atoms with van der Waals surface area (Å²) in [6.45, 7) is 13.6. The fourth-order valence-electron chi connectivity index (χ4n) is 5.11. The van der Waals surface area contributed by atoms with Crippen LogP contribution in [0.25, 0.3) is 16.6 Å². The summed E-state index contributed by atoms with van der Waals surface area (Å²) in [7, 11) is 1.64. The first-order chi connectivity index (χ1) is 17.1. The van der Waals surface area contributed by atoms with E-state index in [0.717, 1.165) is 17.7 Å². The van der Waals surface area contributed by atoms with Crippen LogP contribution in [0.15, 0.2) is 53.3 Å². The molecule has 3 rings (SSSR count). The molecule has 0 fully saturated rings. The van der Waals surface area contributed by atoms with E-state index in [-0.39, 0.29) is 28.8 Å². The number of methoxy groups -OCH3 is 1. The van der Waals surface area contributed by atoms with E-state index in [1.165, 1.54) is 0 Å². The summed E-state index contributed by atoms with van der Waals surface area (Å²) < 4.78 is 7.07. The monoisotopic (exact) mass is 491 g/mol. The molecule has 2 atom stereocenters. The van der Waals surface area contributed by atoms with Gasteiger partial charge in [0.1, 0.15) is 5.82 Å². The molecule has 0 radical (unpaired) electrons. The number of hydrogen-bond donors (Lipinski definition) is 0. The summed E-state index contributed by atoms with van der Waals surface area (Å²) in [4.78, 5) is 34.4. The summed E-state index contributed by atoms with van der Waals surface area (Å²) in [6.07, 6.45) is 2.02. The van der Waals surface area contributed by atoms with Crippen LogP contribution in [-0.2, 0) is 9.53 Å². The Balaban J connectivity index is 2.15. The molecule has 36 heavy (non-hydrogen) atoms. The van der Waals surface area contributed by atoms with E-state index in [4.69, 9.17) is 9.72 Å². The Hall–Kier alpha value is -2.99. The van der Waals surface area contributed by atoms with Crippen LogP contribution in [0.4, 0.5) is 0 Å². The molecule has 194 valence electrons. The number of hydrogen-bond acceptors (Lipinski definition) is 4. The maximum absolute atomic E-state index is 13.8. The number of carbonyl (C=O) groups is 1. The van der Waals surface area contributed by atoms with Gasteiger partial charge < -0.3 is 9.64 Å². The second-order valence-electron chi connectivity index (χ2n) is 11.0. The Morgan fingerprint density at radius 1 is 1.14 bits per heavy atom. The number of amides is 1. The normalized spacial score (nSPS) is 13.5. The number of carbonyl (C=O) groups excluding carboxylic acids is 1. The van der Waals surface area contributed by atoms with Gasteiger partial charge in [-0.25, -0.2) is 4.98 Å². The van der Waals surface area contributed by atoms with Crippen LogP contribution in [-0.4, -0.2) is 40.6 Å². The highest BCUT2D eigenvalue weighted by atomic mass is 16.5. The molecule has 0 saturated heterocycles. The highest BCUT2D eigenvalue weighted by Crippen LogP contribution is 2.30. The van der Waals surface area contributed by atoms with Crippen molar-refractivity contribution < 1.29 is 9.53 Å². The quantitative estimate of drug-likeness (QED) is 0.345. The summed E-state index contributed by atoms with van der Waals surface area (Å²) >= 11 is 0. The van der Waals surface area contributed by atoms with E-state index >= 15 is 0 Å². The van der Waals surface area contributed by atoms with Gasteiger partial charge in [-0.3, -0.25) is 14.2 Å². The fourth-order valence-corrected chi connectivity index (χ4v) is 5.11. The standard InChI is InChI=1S/C30H41N3O3/c1-8-26(32(16-17-36-7)27(34)19-22(3)20-30(4,5)6)28-31-25-15-10-9-14-24(25)29(35)33(28)23-13-11-12-21(2)18-23/h9-15,18,22,26H,8,16-17,19-20H2,1-7H3. The lowest BCUT2D eigenvalue weighted by molar-refractivity contribution is -0.136. The number of aromatic nitrogens is 2. The lowest BCUT2D eigenvalue weighted by Crippen LogP contribution is -2.41. The van der Waals surface area contributed by atoms with Crippen LogP contribution < -0.4 is 5.56 Å². The summed E-state index contributed by atoms with van der Waals surface area (Å²) in [5.74, 6) is 0.886. The first kappa shape index (κ1) is 27.6. The lowest BCUT2D eigenvalue weighted by atomic mass is 9.84. The molecule has 0 aliphatic rings. The molecule has 6 nitrogen and oxygen atoms in total. The predicted octanol–water partition coefficient (Wildman–Crippen LogP) is 6.08. The molecule has 0 bridgehead atoms. The molecule has 1 heterocycles. The van der Waals surface area contributed by atoms with E-state index in [0.29, 0.717) is 42.7 Å². The molecule has 1 aromatic heterocycles. The highest BCUT2D eigenvalue weighted by Gasteiger charge is 2.30. The van der Waals surface area contributed by atoms with Crippen molar-refractivity contribution in [1.29, 1.82) is 0 Å². The van der Waals surface area contributed by atoms with Crippen molar-refractivity contribution in [3.63, 3.8) is 0 Å². The molecule has 0 N–H and O–H groups in total. The number of rotatable bonds is 10. The van der Waals surface area contributed by atoms with Crippen molar-refractivity contribution in [2.24, 2.45) is 11.3 Å². The largest absolute Gasteiger partial charge is 0.383 e. The van der Waals surface area contributed by atoms with Crippen LogP contribution in [0.2, 0.25) is 0 Å². The highest BCUT2D eigenvalue weighted by molar-refractivity contribution is 5.79. The van der Waals surface area contributed by atoms with Crippen molar-refractivity contribution in [2.75, 3.05) is 20.3 Å². The minimum atomic E-state index is -0.368. The van der Waals surface area contributed by atoms with Crippen molar-refractivity contribution in [3.8, 4) is 5.69 Å². The van der Waals surface area contributed by atoms with Crippen molar-refractivity contribution >= 4 is 16.8 Å². The smallest absolute Gasteiger partial charge is 0.266 e. The topological polar surface area (TPSA) is 64.4 Å². The third-order valence-electron chi connectivity index (χ3n) is 6.46. The van der Waals surface area contributed by atoms with E-state index < -0.39 is 0 Å². The number of nitrogens with zero attached hydrogens (tertiary/aromatic N) is 3. The summed E-state index contributed by atoms with van der Waals surface area (Å²) in [5, 5.41) is 0.561. The SMILES string of the molecule is CCC(c1nc2ccccc2c(=O)n1-c1cccc(C)c1)N(CCOC)C(=O)CC(C)CC(C)(C)C. The molecular weight excluding hydrogens is 450 g/mol. The average molecular weight is 492 g/mol. The van der Waals surface area contributed by atoms with Crippen LogP contribution in [0.5, 0.6) is 0 Å². The number of aryl methyl sites for hydroxylation is 1. The van der Waals surface area contributed by atoms with Crippen LogP contribution in [0, 0.1) is 18.3 Å². The maximum atomic E-state index is 13.8. The van der Waals surface area contributed by atoms with Gasteiger partial charge in [0, 0.05) is 20.1 Å². The maximum Gasteiger partial charge on any atom is 0.266 e. The molecule has 0 saturated carbocycles. The lowest BCUT2D eigenvalue weighted by Gasteiger charge is -2.33. The van der Waals surface area contributed by atoms with E-state index in [1.54, 1.807) is 11.7 Å². The summed E-state index contributed by atoms with van der Waals surface area (Å²) in [5.41, 5.74) is 2.47. The van der Waals surface area contributed by atoms with Gasteiger partial charge >= 0.3 is 0 Å². The predicted molar refractivity (Wildman–Crippen MR) is 147 cm³/mol. The number of ether oxygens (including phenoxy) is 1. The second-order valence-corrected chi connectivity index (χ2v) is 11.0. The van der Waals surface area contributed by atoms with Gasteiger partial charge in [-0.1, -0.05) is 58.9 Å². The second kappa shape index (κ2) is 11.8. The Morgan fingerprint density at radius 3 is 2.50 bits per heavy atom. The molecule has 3 aromatic rings. The Labute approximate surface area is 215 Å². The zero-order valence-electron chi connectivity index (χ0n) is 22.9. The molecule has 2 unspecified atom stereocenters. The van der Waals surface area contributed by atoms with Crippen molar-refractivity contribution in [2.45, 2.75) is 66.8 Å². The zero-order chi connectivity index (χ0) is 26.5. The van der Waals surface area contributed by atoms with Crippen molar-refractivity contribution in [3.05, 3.63) is 70.3 Å². The average Bonchev–Trinajstić information content (AvgIpc) is 2.80. The molecule has 2 aromatic carbocycles. The molecule has 0 aliphatic heterocycles. The first-order valence-corrected chi connectivity index (χ1v) is 12.9. The first-order valence-electron chi connectivity index (χ1n) is 12.9. The van der Waals surface area contributed by atoms with Crippen LogP contribution >= 0.6 is 0 Å². The Bertz CT molecular complexity index is 1240. The third kappa shape index (κ3) is 6.61. The molecule has 0 spiro atoms. The van der Waals surface area contributed by atoms with Gasteiger partial charge in [-0.15, -0.1) is 0 Å². The van der Waals surface area contributed by atoms with E-state index in [9.17, 15) is 9.59 Å². The van der Waals surface area contributed by atoms with E-state index in [1.807, 2.05) is 67.3 Å². The Morgan fingerprint density at radius 2 is 1.86 bits per heavy atom. The zero-order valence-corrected chi connectivity index (χ0v) is 22.9. The van der Waals surface area contributed by atoms with E-state index in [2.05, 4.69) is 27.7 Å². The van der Waals surface area contributed by atoms with Gasteiger partial charge in [0.15, 0.2) is 0 Å². The van der Waals surface area contributed by atoms with Gasteiger partial charge in [-0.05, 0) is 60.9 Å². The van der Waals surface area contributed by atoms with Gasteiger partial charge in [0.05, 0.1) is 29.2 Å². The molecule has 1 amide bonds. The number of para-hydroxylation sites is 1.